The van der Waals surface area contributed by atoms with Crippen LogP contribution in [0.15, 0.2) is 0 Å². The van der Waals surface area contributed by atoms with E-state index in [4.69, 9.17) is 5.73 Å². The Hall–Kier alpha value is -1.03. The highest BCUT2D eigenvalue weighted by molar-refractivity contribution is 7.15. The summed E-state index contributed by atoms with van der Waals surface area (Å²) in [5, 5.41) is 9.37. The third-order valence-electron chi connectivity index (χ3n) is 6.22. The van der Waals surface area contributed by atoms with Crippen molar-refractivity contribution in [2.24, 2.45) is 17.3 Å². The number of carbonyl (C=O) groups is 1. The summed E-state index contributed by atoms with van der Waals surface area (Å²) in [7, 11) is 0. The molecule has 0 amide bonds. The van der Waals surface area contributed by atoms with Gasteiger partial charge in [0.2, 0.25) is 0 Å². The lowest BCUT2D eigenvalue weighted by atomic mass is 9.44. The van der Waals surface area contributed by atoms with Gasteiger partial charge in [-0.1, -0.05) is 6.92 Å². The Morgan fingerprint density at radius 1 is 1.29 bits per heavy atom. The predicted molar refractivity (Wildman–Crippen MR) is 84.9 cm³/mol. The maximum absolute atomic E-state index is 11.4. The molecule has 1 aromatic rings. The van der Waals surface area contributed by atoms with Gasteiger partial charge >= 0.3 is 5.97 Å². The van der Waals surface area contributed by atoms with Crippen LogP contribution < -0.4 is 5.73 Å². The van der Waals surface area contributed by atoms with Crippen LogP contribution in [-0.4, -0.2) is 11.1 Å². The number of hydrogen-bond acceptors (Lipinski definition) is 3. The van der Waals surface area contributed by atoms with Gasteiger partial charge in [-0.15, -0.1) is 11.3 Å². The topological polar surface area (TPSA) is 63.3 Å². The SMILES string of the molecule is Cc1c(C23CC4CC(CC(C)(C4)C2)C3)sc(C(=O)O)c1N. The first-order chi connectivity index (χ1) is 9.82. The molecule has 0 saturated heterocycles. The first-order valence-electron chi connectivity index (χ1n) is 7.95. The molecule has 5 rings (SSSR count). The molecule has 114 valence electrons. The smallest absolute Gasteiger partial charge is 0.348 e. The molecular formula is C17H23NO2S. The van der Waals surface area contributed by atoms with Crippen molar-refractivity contribution in [2.75, 3.05) is 5.73 Å². The van der Waals surface area contributed by atoms with Gasteiger partial charge in [-0.2, -0.15) is 0 Å². The van der Waals surface area contributed by atoms with E-state index in [-0.39, 0.29) is 5.41 Å². The Balaban J connectivity index is 1.83. The molecule has 2 atom stereocenters. The summed E-state index contributed by atoms with van der Waals surface area (Å²) < 4.78 is 0. The summed E-state index contributed by atoms with van der Waals surface area (Å²) in [5.74, 6) is 0.808. The first kappa shape index (κ1) is 13.6. The molecule has 4 saturated carbocycles. The van der Waals surface area contributed by atoms with E-state index >= 15 is 0 Å². The van der Waals surface area contributed by atoms with Gasteiger partial charge < -0.3 is 10.8 Å². The van der Waals surface area contributed by atoms with Crippen molar-refractivity contribution in [2.45, 2.75) is 57.8 Å². The van der Waals surface area contributed by atoms with Crippen LogP contribution in [0.4, 0.5) is 5.69 Å². The number of anilines is 1. The van der Waals surface area contributed by atoms with Gasteiger partial charge in [0.1, 0.15) is 4.88 Å². The van der Waals surface area contributed by atoms with E-state index in [1.54, 1.807) is 0 Å². The molecule has 0 spiro atoms. The Bertz CT molecular complexity index is 619. The number of hydrogen-bond donors (Lipinski definition) is 2. The summed E-state index contributed by atoms with van der Waals surface area (Å²) in [6, 6.07) is 0. The second kappa shape index (κ2) is 4.03. The quantitative estimate of drug-likeness (QED) is 0.861. The summed E-state index contributed by atoms with van der Waals surface area (Å²) in [5.41, 5.74) is 8.32. The van der Waals surface area contributed by atoms with Gasteiger partial charge in [-0.05, 0) is 68.3 Å². The predicted octanol–water partition coefficient (Wildman–Crippen LogP) is 4.19. The van der Waals surface area contributed by atoms with E-state index in [2.05, 4.69) is 6.92 Å². The zero-order valence-electron chi connectivity index (χ0n) is 12.7. The molecular weight excluding hydrogens is 282 g/mol. The largest absolute Gasteiger partial charge is 0.477 e. The summed E-state index contributed by atoms with van der Waals surface area (Å²) in [6.07, 6.45) is 7.86. The normalized spacial score (nSPS) is 40.7. The minimum Gasteiger partial charge on any atom is -0.477 e. The number of thiophene rings is 1. The molecule has 1 aromatic heterocycles. The standard InChI is InChI=1S/C17H23NO2S/c1-9-12(18)13(15(19)20)21-14(9)17-6-10-3-11(7-17)5-16(2,4-10)8-17/h10-11H,3-8,18H2,1-2H3,(H,19,20). The van der Waals surface area contributed by atoms with Gasteiger partial charge in [-0.3, -0.25) is 0 Å². The van der Waals surface area contributed by atoms with Crippen molar-refractivity contribution in [3.8, 4) is 0 Å². The van der Waals surface area contributed by atoms with Crippen molar-refractivity contribution in [3.63, 3.8) is 0 Å². The molecule has 0 radical (unpaired) electrons. The molecule has 0 aromatic carbocycles. The first-order valence-corrected chi connectivity index (χ1v) is 8.76. The second-order valence-electron chi connectivity index (χ2n) is 8.16. The van der Waals surface area contributed by atoms with Crippen LogP contribution in [0.3, 0.4) is 0 Å². The van der Waals surface area contributed by atoms with Crippen molar-refractivity contribution < 1.29 is 9.90 Å². The van der Waals surface area contributed by atoms with E-state index < -0.39 is 5.97 Å². The average Bonchev–Trinajstić information content (AvgIpc) is 2.63. The Morgan fingerprint density at radius 2 is 1.90 bits per heavy atom. The molecule has 4 fully saturated rings. The summed E-state index contributed by atoms with van der Waals surface area (Å²) >= 11 is 1.46. The molecule has 0 aliphatic heterocycles. The van der Waals surface area contributed by atoms with Gasteiger partial charge in [0, 0.05) is 10.3 Å². The second-order valence-corrected chi connectivity index (χ2v) is 9.18. The summed E-state index contributed by atoms with van der Waals surface area (Å²) in [6.45, 7) is 4.47. The van der Waals surface area contributed by atoms with Gasteiger partial charge in [0.05, 0.1) is 5.69 Å². The Labute approximate surface area is 129 Å². The molecule has 4 bridgehead atoms. The van der Waals surface area contributed by atoms with Crippen LogP contribution in [0, 0.1) is 24.2 Å². The van der Waals surface area contributed by atoms with Crippen LogP contribution in [0.5, 0.6) is 0 Å². The Kier molecular flexibility index (Phi) is 2.62. The van der Waals surface area contributed by atoms with Crippen molar-refractivity contribution in [3.05, 3.63) is 15.3 Å². The van der Waals surface area contributed by atoms with E-state index in [9.17, 15) is 9.90 Å². The van der Waals surface area contributed by atoms with Crippen molar-refractivity contribution in [1.82, 2.24) is 0 Å². The fourth-order valence-electron chi connectivity index (χ4n) is 6.18. The number of carboxylic acid groups (broad SMARTS) is 1. The van der Waals surface area contributed by atoms with E-state index in [0.717, 1.165) is 17.4 Å². The molecule has 4 heteroatoms. The minimum absolute atomic E-state index is 0.218. The minimum atomic E-state index is -0.872. The van der Waals surface area contributed by atoms with Gasteiger partial charge in [-0.25, -0.2) is 4.79 Å². The third-order valence-corrected chi connectivity index (χ3v) is 7.76. The monoisotopic (exact) mass is 305 g/mol. The van der Waals surface area contributed by atoms with Gasteiger partial charge in [0.25, 0.3) is 0 Å². The lowest BCUT2D eigenvalue weighted by Gasteiger charge is -2.61. The average molecular weight is 305 g/mol. The van der Waals surface area contributed by atoms with Crippen LogP contribution in [0.2, 0.25) is 0 Å². The number of nitrogen functional groups attached to an aromatic ring is 1. The molecule has 3 nitrogen and oxygen atoms in total. The maximum atomic E-state index is 11.4. The number of rotatable bonds is 2. The van der Waals surface area contributed by atoms with Crippen molar-refractivity contribution in [1.29, 1.82) is 0 Å². The van der Waals surface area contributed by atoms with Crippen LogP contribution in [0.25, 0.3) is 0 Å². The highest BCUT2D eigenvalue weighted by Gasteiger charge is 2.57. The van der Waals surface area contributed by atoms with Gasteiger partial charge in [0.15, 0.2) is 0 Å². The fraction of sp³-hybridized carbons (Fsp3) is 0.706. The van der Waals surface area contributed by atoms with E-state index in [0.29, 0.717) is 16.0 Å². The van der Waals surface area contributed by atoms with Crippen LogP contribution in [-0.2, 0) is 5.41 Å². The molecule has 3 N–H and O–H groups in total. The maximum Gasteiger partial charge on any atom is 0.348 e. The Morgan fingerprint density at radius 3 is 2.38 bits per heavy atom. The van der Waals surface area contributed by atoms with E-state index in [1.807, 2.05) is 6.92 Å². The van der Waals surface area contributed by atoms with Crippen LogP contribution in [0.1, 0.15) is 65.6 Å². The number of nitrogens with two attached hydrogens (primary N) is 1. The van der Waals surface area contributed by atoms with Crippen molar-refractivity contribution >= 4 is 23.0 Å². The lowest BCUT2D eigenvalue weighted by Crippen LogP contribution is -2.52. The summed E-state index contributed by atoms with van der Waals surface area (Å²) in [4.78, 5) is 13.0. The zero-order valence-corrected chi connectivity index (χ0v) is 13.6. The molecule has 21 heavy (non-hydrogen) atoms. The fourth-order valence-corrected chi connectivity index (χ4v) is 7.45. The number of aromatic carboxylic acids is 1. The van der Waals surface area contributed by atoms with E-state index in [1.165, 1.54) is 54.7 Å². The zero-order chi connectivity index (χ0) is 15.0. The lowest BCUT2D eigenvalue weighted by molar-refractivity contribution is -0.0603. The molecule has 2 unspecified atom stereocenters. The highest BCUT2D eigenvalue weighted by atomic mass is 32.1. The molecule has 4 aliphatic carbocycles. The third kappa shape index (κ3) is 1.81. The van der Waals surface area contributed by atoms with Crippen LogP contribution >= 0.6 is 11.3 Å². The number of carboxylic acids is 1. The molecule has 4 aliphatic rings. The highest BCUT2D eigenvalue weighted by Crippen LogP contribution is 2.66. The molecule has 1 heterocycles.